The molecular formula is C20H24N4O3. The van der Waals surface area contributed by atoms with Crippen molar-refractivity contribution in [1.82, 2.24) is 15.5 Å². The lowest BCUT2D eigenvalue weighted by molar-refractivity contribution is -0.135. The molecule has 142 valence electrons. The van der Waals surface area contributed by atoms with E-state index < -0.39 is 28.9 Å². The number of hydrogen-bond donors (Lipinski definition) is 2. The molecule has 2 N–H and O–H groups in total. The van der Waals surface area contributed by atoms with Crippen LogP contribution in [0.2, 0.25) is 0 Å². The molecule has 2 aliphatic rings. The van der Waals surface area contributed by atoms with Crippen LogP contribution in [0.5, 0.6) is 0 Å². The smallest absolute Gasteiger partial charge is 0.325 e. The van der Waals surface area contributed by atoms with E-state index in [1.807, 2.05) is 30.3 Å². The number of hydrogen-bond acceptors (Lipinski definition) is 4. The summed E-state index contributed by atoms with van der Waals surface area (Å²) < 4.78 is 0. The maximum atomic E-state index is 12.8. The van der Waals surface area contributed by atoms with Gasteiger partial charge >= 0.3 is 6.03 Å². The minimum Gasteiger partial charge on any atom is -0.336 e. The van der Waals surface area contributed by atoms with Gasteiger partial charge in [0.05, 0.1) is 6.07 Å². The van der Waals surface area contributed by atoms with Crippen LogP contribution in [0.15, 0.2) is 30.3 Å². The van der Waals surface area contributed by atoms with Gasteiger partial charge in [-0.2, -0.15) is 5.26 Å². The third-order valence-corrected chi connectivity index (χ3v) is 5.43. The highest BCUT2D eigenvalue weighted by atomic mass is 16.2. The van der Waals surface area contributed by atoms with Crippen LogP contribution in [0, 0.1) is 17.2 Å². The van der Waals surface area contributed by atoms with Gasteiger partial charge in [-0.3, -0.25) is 14.5 Å². The topological polar surface area (TPSA) is 102 Å². The fourth-order valence-electron chi connectivity index (χ4n) is 3.45. The first kappa shape index (κ1) is 18.9. The van der Waals surface area contributed by atoms with Crippen molar-refractivity contribution in [3.63, 3.8) is 0 Å². The maximum Gasteiger partial charge on any atom is 0.325 e. The Labute approximate surface area is 158 Å². The van der Waals surface area contributed by atoms with Gasteiger partial charge in [0.15, 0.2) is 0 Å². The van der Waals surface area contributed by atoms with Crippen molar-refractivity contribution < 1.29 is 14.4 Å². The van der Waals surface area contributed by atoms with Gasteiger partial charge in [-0.1, -0.05) is 30.3 Å². The first-order valence-electron chi connectivity index (χ1n) is 9.18. The fourth-order valence-corrected chi connectivity index (χ4v) is 3.45. The summed E-state index contributed by atoms with van der Waals surface area (Å²) in [6.45, 7) is 2.98. The largest absolute Gasteiger partial charge is 0.336 e. The molecule has 1 aliphatic heterocycles. The molecule has 1 saturated carbocycles. The number of nitrogens with one attached hydrogen (secondary N) is 2. The number of urea groups is 1. The van der Waals surface area contributed by atoms with Gasteiger partial charge in [0.2, 0.25) is 5.91 Å². The van der Waals surface area contributed by atoms with E-state index in [1.54, 1.807) is 13.8 Å². The summed E-state index contributed by atoms with van der Waals surface area (Å²) in [5.74, 6) is -0.781. The van der Waals surface area contributed by atoms with Crippen LogP contribution in [-0.2, 0) is 16.0 Å². The van der Waals surface area contributed by atoms with E-state index in [1.165, 1.54) is 0 Å². The van der Waals surface area contributed by atoms with Gasteiger partial charge in [0, 0.05) is 0 Å². The minimum atomic E-state index is -1.04. The average Bonchev–Trinajstić information content (AvgIpc) is 3.47. The lowest BCUT2D eigenvalue weighted by Crippen LogP contribution is -2.51. The molecule has 1 aromatic rings. The number of nitriles is 1. The molecule has 7 heteroatoms. The highest BCUT2D eigenvalue weighted by Gasteiger charge is 2.49. The molecule has 4 amide bonds. The summed E-state index contributed by atoms with van der Waals surface area (Å²) in [7, 11) is 0. The molecule has 0 unspecified atom stereocenters. The van der Waals surface area contributed by atoms with E-state index in [0.717, 1.165) is 23.3 Å². The molecule has 1 aromatic carbocycles. The van der Waals surface area contributed by atoms with E-state index in [0.29, 0.717) is 12.8 Å². The molecule has 0 aromatic heterocycles. The zero-order valence-corrected chi connectivity index (χ0v) is 15.6. The molecule has 3 rings (SSSR count). The monoisotopic (exact) mass is 368 g/mol. The van der Waals surface area contributed by atoms with Crippen molar-refractivity contribution in [1.29, 1.82) is 5.26 Å². The van der Waals surface area contributed by atoms with Crippen molar-refractivity contribution in [2.45, 2.75) is 50.6 Å². The second-order valence-electron chi connectivity index (χ2n) is 7.78. The number of rotatable bonds is 7. The van der Waals surface area contributed by atoms with Crippen LogP contribution in [-0.4, -0.2) is 40.4 Å². The van der Waals surface area contributed by atoms with Crippen LogP contribution >= 0.6 is 0 Å². The molecule has 0 radical (unpaired) electrons. The zero-order valence-electron chi connectivity index (χ0n) is 15.6. The Bertz CT molecular complexity index is 799. The summed E-state index contributed by atoms with van der Waals surface area (Å²) >= 11 is 0. The highest BCUT2D eigenvalue weighted by molar-refractivity contribution is 6.08. The zero-order chi connectivity index (χ0) is 19.7. The van der Waals surface area contributed by atoms with Gasteiger partial charge in [-0.25, -0.2) is 4.79 Å². The first-order chi connectivity index (χ1) is 12.8. The van der Waals surface area contributed by atoms with Crippen molar-refractivity contribution in [3.8, 4) is 6.07 Å². The number of aryl methyl sites for hydroxylation is 1. The van der Waals surface area contributed by atoms with Gasteiger partial charge in [-0.05, 0) is 51.0 Å². The minimum absolute atomic E-state index is 0.130. The Morgan fingerprint density at radius 1 is 1.37 bits per heavy atom. The predicted molar refractivity (Wildman–Crippen MR) is 98.3 cm³/mol. The molecular weight excluding hydrogens is 344 g/mol. The number of amides is 4. The van der Waals surface area contributed by atoms with Crippen LogP contribution < -0.4 is 10.6 Å². The summed E-state index contributed by atoms with van der Waals surface area (Å²) in [6, 6.07) is 11.3. The SMILES string of the molecule is C[C@]1(CCc2ccccc2)NC(=O)N(CC(=O)N[C@@](C)(C#N)C2CC2)C1=O. The molecule has 1 saturated heterocycles. The van der Waals surface area contributed by atoms with Gasteiger partial charge in [0.25, 0.3) is 5.91 Å². The third kappa shape index (κ3) is 3.95. The molecule has 0 bridgehead atoms. The molecule has 2 fully saturated rings. The van der Waals surface area contributed by atoms with E-state index in [2.05, 4.69) is 16.7 Å². The van der Waals surface area contributed by atoms with Gasteiger partial charge in [0.1, 0.15) is 17.6 Å². The molecule has 1 heterocycles. The van der Waals surface area contributed by atoms with E-state index >= 15 is 0 Å². The Morgan fingerprint density at radius 3 is 2.63 bits per heavy atom. The Kier molecular flexibility index (Phi) is 4.92. The number of imide groups is 1. The molecule has 2 atom stereocenters. The van der Waals surface area contributed by atoms with Crippen molar-refractivity contribution >= 4 is 17.8 Å². The summed E-state index contributed by atoms with van der Waals surface area (Å²) in [5.41, 5.74) is -0.916. The van der Waals surface area contributed by atoms with E-state index in [-0.39, 0.29) is 12.5 Å². The Hall–Kier alpha value is -2.88. The summed E-state index contributed by atoms with van der Waals surface area (Å²) in [6.07, 6.45) is 2.87. The number of nitrogens with zero attached hydrogens (tertiary/aromatic N) is 2. The lowest BCUT2D eigenvalue weighted by Gasteiger charge is -2.24. The number of benzene rings is 1. The summed E-state index contributed by atoms with van der Waals surface area (Å²) in [4.78, 5) is 38.3. The first-order valence-corrected chi connectivity index (χ1v) is 9.18. The Balaban J connectivity index is 1.61. The molecule has 1 aliphatic carbocycles. The molecule has 27 heavy (non-hydrogen) atoms. The maximum absolute atomic E-state index is 12.8. The molecule has 0 spiro atoms. The van der Waals surface area contributed by atoms with Gasteiger partial charge < -0.3 is 10.6 Å². The number of carbonyl (C=O) groups excluding carboxylic acids is 3. The molecule has 7 nitrogen and oxygen atoms in total. The Morgan fingerprint density at radius 2 is 2.04 bits per heavy atom. The van der Waals surface area contributed by atoms with Gasteiger partial charge in [-0.15, -0.1) is 0 Å². The summed E-state index contributed by atoms with van der Waals surface area (Å²) in [5, 5.41) is 14.7. The lowest BCUT2D eigenvalue weighted by atomic mass is 9.93. The fraction of sp³-hybridized carbons (Fsp3) is 0.500. The standard InChI is InChI=1S/C20H24N4O3/c1-19(11-10-14-6-4-3-5-7-14)17(26)24(18(27)23-19)12-16(25)22-20(2,13-21)15-8-9-15/h3-7,15H,8-12H2,1-2H3,(H,22,25)(H,23,27)/t19-,20+/m1/s1. The third-order valence-electron chi connectivity index (χ3n) is 5.43. The van der Waals surface area contributed by atoms with Crippen LogP contribution in [0.4, 0.5) is 4.79 Å². The van der Waals surface area contributed by atoms with Crippen LogP contribution in [0.1, 0.15) is 38.7 Å². The van der Waals surface area contributed by atoms with Crippen LogP contribution in [0.3, 0.4) is 0 Å². The van der Waals surface area contributed by atoms with Crippen molar-refractivity contribution in [3.05, 3.63) is 35.9 Å². The quantitative estimate of drug-likeness (QED) is 0.716. The van der Waals surface area contributed by atoms with Crippen molar-refractivity contribution in [2.75, 3.05) is 6.54 Å². The average molecular weight is 368 g/mol. The predicted octanol–water partition coefficient (Wildman–Crippen LogP) is 1.74. The second kappa shape index (κ2) is 7.03. The highest BCUT2D eigenvalue weighted by Crippen LogP contribution is 2.39. The number of carbonyl (C=O) groups is 3. The normalized spacial score (nSPS) is 24.1. The van der Waals surface area contributed by atoms with E-state index in [9.17, 15) is 19.6 Å². The van der Waals surface area contributed by atoms with E-state index in [4.69, 9.17) is 0 Å². The van der Waals surface area contributed by atoms with Crippen molar-refractivity contribution in [2.24, 2.45) is 5.92 Å². The second-order valence-corrected chi connectivity index (χ2v) is 7.78. The van der Waals surface area contributed by atoms with Crippen LogP contribution in [0.25, 0.3) is 0 Å².